The molecule has 1 aliphatic heterocycles. The third-order valence-electron chi connectivity index (χ3n) is 2.77. The summed E-state index contributed by atoms with van der Waals surface area (Å²) in [6, 6.07) is 8.75. The summed E-state index contributed by atoms with van der Waals surface area (Å²) < 4.78 is 0. The maximum absolute atomic E-state index is 2.50. The van der Waals surface area contributed by atoms with Crippen LogP contribution in [-0.4, -0.2) is 37.0 Å². The molecule has 14 heavy (non-hydrogen) atoms. The Morgan fingerprint density at radius 1 is 1.14 bits per heavy atom. The SMILES string of the molecule is CN(C)CCN1Cc2ccccc2C1. The summed E-state index contributed by atoms with van der Waals surface area (Å²) in [6.07, 6.45) is 0. The second-order valence-electron chi connectivity index (χ2n) is 4.28. The molecule has 0 aliphatic carbocycles. The number of likely N-dealkylation sites (N-methyl/N-ethyl adjacent to an activating group) is 1. The zero-order valence-corrected chi connectivity index (χ0v) is 9.03. The zero-order valence-electron chi connectivity index (χ0n) is 9.03. The summed E-state index contributed by atoms with van der Waals surface area (Å²) in [5, 5.41) is 0. The van der Waals surface area contributed by atoms with Gasteiger partial charge in [0.15, 0.2) is 0 Å². The largest absolute Gasteiger partial charge is 0.308 e. The van der Waals surface area contributed by atoms with Crippen molar-refractivity contribution in [1.82, 2.24) is 9.80 Å². The molecule has 1 aromatic rings. The van der Waals surface area contributed by atoms with Crippen LogP contribution in [0.5, 0.6) is 0 Å². The molecule has 1 aromatic carbocycles. The van der Waals surface area contributed by atoms with E-state index >= 15 is 0 Å². The molecule has 0 saturated carbocycles. The Hall–Kier alpha value is -0.860. The van der Waals surface area contributed by atoms with Gasteiger partial charge in [-0.2, -0.15) is 0 Å². The Balaban J connectivity index is 1.92. The number of rotatable bonds is 3. The molecule has 0 unspecified atom stereocenters. The fraction of sp³-hybridized carbons (Fsp3) is 0.500. The van der Waals surface area contributed by atoms with Crippen LogP contribution >= 0.6 is 0 Å². The van der Waals surface area contributed by atoms with E-state index in [0.29, 0.717) is 0 Å². The molecule has 2 rings (SSSR count). The van der Waals surface area contributed by atoms with E-state index < -0.39 is 0 Å². The lowest BCUT2D eigenvalue weighted by Gasteiger charge is -2.17. The number of fused-ring (bicyclic) bond motifs is 1. The molecule has 0 spiro atoms. The maximum Gasteiger partial charge on any atom is 0.0241 e. The molecule has 0 radical (unpaired) electrons. The Bertz CT molecular complexity index is 282. The molecule has 0 fully saturated rings. The molecule has 0 aromatic heterocycles. The highest BCUT2D eigenvalue weighted by Gasteiger charge is 2.17. The second kappa shape index (κ2) is 4.11. The average Bonchev–Trinajstić information content (AvgIpc) is 2.57. The normalized spacial score (nSPS) is 16.2. The molecular formula is C12H18N2. The van der Waals surface area contributed by atoms with Crippen LogP contribution in [-0.2, 0) is 13.1 Å². The molecule has 2 nitrogen and oxygen atoms in total. The lowest BCUT2D eigenvalue weighted by atomic mass is 10.1. The van der Waals surface area contributed by atoms with Gasteiger partial charge >= 0.3 is 0 Å². The van der Waals surface area contributed by atoms with Crippen molar-refractivity contribution in [2.24, 2.45) is 0 Å². The topological polar surface area (TPSA) is 6.48 Å². The van der Waals surface area contributed by atoms with E-state index in [1.165, 1.54) is 17.7 Å². The highest BCUT2D eigenvalue weighted by Crippen LogP contribution is 2.21. The summed E-state index contributed by atoms with van der Waals surface area (Å²) in [5.74, 6) is 0. The van der Waals surface area contributed by atoms with E-state index in [4.69, 9.17) is 0 Å². The highest BCUT2D eigenvalue weighted by atomic mass is 15.2. The highest BCUT2D eigenvalue weighted by molar-refractivity contribution is 5.30. The molecule has 0 N–H and O–H groups in total. The lowest BCUT2D eigenvalue weighted by molar-refractivity contribution is 0.246. The van der Waals surface area contributed by atoms with E-state index in [-0.39, 0.29) is 0 Å². The molecule has 0 atom stereocenters. The molecule has 0 bridgehead atoms. The summed E-state index contributed by atoms with van der Waals surface area (Å²) in [5.41, 5.74) is 3.01. The van der Waals surface area contributed by atoms with Gasteiger partial charge in [0, 0.05) is 26.2 Å². The van der Waals surface area contributed by atoms with E-state index in [2.05, 4.69) is 48.2 Å². The molecule has 0 saturated heterocycles. The summed E-state index contributed by atoms with van der Waals surface area (Å²) >= 11 is 0. The van der Waals surface area contributed by atoms with Crippen LogP contribution in [0.15, 0.2) is 24.3 Å². The first-order chi connectivity index (χ1) is 6.75. The van der Waals surface area contributed by atoms with Gasteiger partial charge in [-0.3, -0.25) is 4.90 Å². The van der Waals surface area contributed by atoms with Gasteiger partial charge in [0.25, 0.3) is 0 Å². The van der Waals surface area contributed by atoms with Gasteiger partial charge in [-0.15, -0.1) is 0 Å². The summed E-state index contributed by atoms with van der Waals surface area (Å²) in [4.78, 5) is 4.74. The monoisotopic (exact) mass is 190 g/mol. The van der Waals surface area contributed by atoms with Crippen LogP contribution < -0.4 is 0 Å². The van der Waals surface area contributed by atoms with Crippen LogP contribution in [0, 0.1) is 0 Å². The predicted molar refractivity (Wildman–Crippen MR) is 59.1 cm³/mol. The molecule has 1 aliphatic rings. The van der Waals surface area contributed by atoms with Crippen LogP contribution in [0.4, 0.5) is 0 Å². The van der Waals surface area contributed by atoms with Crippen molar-refractivity contribution >= 4 is 0 Å². The Labute approximate surface area is 86.1 Å². The van der Waals surface area contributed by atoms with E-state index in [9.17, 15) is 0 Å². The maximum atomic E-state index is 2.50. The van der Waals surface area contributed by atoms with E-state index in [0.717, 1.165) is 19.6 Å². The van der Waals surface area contributed by atoms with Gasteiger partial charge in [0.05, 0.1) is 0 Å². The number of benzene rings is 1. The Morgan fingerprint density at radius 3 is 2.21 bits per heavy atom. The van der Waals surface area contributed by atoms with Gasteiger partial charge in [-0.05, 0) is 25.2 Å². The third-order valence-corrected chi connectivity index (χ3v) is 2.77. The van der Waals surface area contributed by atoms with Gasteiger partial charge in [-0.1, -0.05) is 24.3 Å². The van der Waals surface area contributed by atoms with Gasteiger partial charge in [0.2, 0.25) is 0 Å². The van der Waals surface area contributed by atoms with E-state index in [1.807, 2.05) is 0 Å². The van der Waals surface area contributed by atoms with Crippen LogP contribution in [0.2, 0.25) is 0 Å². The molecule has 1 heterocycles. The number of hydrogen-bond donors (Lipinski definition) is 0. The van der Waals surface area contributed by atoms with Crippen molar-refractivity contribution in [3.63, 3.8) is 0 Å². The Kier molecular flexibility index (Phi) is 2.85. The quantitative estimate of drug-likeness (QED) is 0.713. The van der Waals surface area contributed by atoms with Gasteiger partial charge < -0.3 is 4.90 Å². The number of hydrogen-bond acceptors (Lipinski definition) is 2. The first-order valence-electron chi connectivity index (χ1n) is 5.19. The fourth-order valence-electron chi connectivity index (χ4n) is 1.90. The van der Waals surface area contributed by atoms with Crippen molar-refractivity contribution < 1.29 is 0 Å². The van der Waals surface area contributed by atoms with Gasteiger partial charge in [-0.25, -0.2) is 0 Å². The van der Waals surface area contributed by atoms with Crippen molar-refractivity contribution in [2.45, 2.75) is 13.1 Å². The van der Waals surface area contributed by atoms with Gasteiger partial charge in [0.1, 0.15) is 0 Å². The fourth-order valence-corrected chi connectivity index (χ4v) is 1.90. The van der Waals surface area contributed by atoms with Crippen molar-refractivity contribution in [3.8, 4) is 0 Å². The minimum absolute atomic E-state index is 1.13. The predicted octanol–water partition coefficient (Wildman–Crippen LogP) is 1.56. The van der Waals surface area contributed by atoms with Crippen molar-refractivity contribution in [2.75, 3.05) is 27.2 Å². The third kappa shape index (κ3) is 2.14. The van der Waals surface area contributed by atoms with E-state index in [1.54, 1.807) is 0 Å². The van der Waals surface area contributed by atoms with Crippen molar-refractivity contribution in [3.05, 3.63) is 35.4 Å². The zero-order chi connectivity index (χ0) is 9.97. The molecule has 76 valence electrons. The first-order valence-corrected chi connectivity index (χ1v) is 5.19. The molecular weight excluding hydrogens is 172 g/mol. The molecule has 2 heteroatoms. The number of nitrogens with zero attached hydrogens (tertiary/aromatic N) is 2. The second-order valence-corrected chi connectivity index (χ2v) is 4.28. The minimum atomic E-state index is 1.13. The lowest BCUT2D eigenvalue weighted by Crippen LogP contribution is -2.27. The standard InChI is InChI=1S/C12H18N2/c1-13(2)7-8-14-9-11-5-3-4-6-12(11)10-14/h3-6H,7-10H2,1-2H3. The first kappa shape index (κ1) is 9.69. The van der Waals surface area contributed by atoms with Crippen LogP contribution in [0.1, 0.15) is 11.1 Å². The van der Waals surface area contributed by atoms with Crippen molar-refractivity contribution in [1.29, 1.82) is 0 Å². The van der Waals surface area contributed by atoms with Crippen LogP contribution in [0.3, 0.4) is 0 Å². The smallest absolute Gasteiger partial charge is 0.0241 e. The Morgan fingerprint density at radius 2 is 1.71 bits per heavy atom. The summed E-state index contributed by atoms with van der Waals surface area (Å²) in [7, 11) is 4.26. The minimum Gasteiger partial charge on any atom is -0.308 e. The van der Waals surface area contributed by atoms with Crippen LogP contribution in [0.25, 0.3) is 0 Å². The molecule has 0 amide bonds. The summed E-state index contributed by atoms with van der Waals surface area (Å²) in [6.45, 7) is 4.57. The average molecular weight is 190 g/mol.